The Hall–Kier alpha value is -0.780. The number of aliphatic hydroxyl groups is 1. The molecule has 2 aliphatic rings. The lowest BCUT2D eigenvalue weighted by atomic mass is 9.81. The number of amides is 1. The highest BCUT2D eigenvalue weighted by Gasteiger charge is 2.55. The molecule has 0 atom stereocenters. The summed E-state index contributed by atoms with van der Waals surface area (Å²) in [4.78, 5) is 13.8. The summed E-state index contributed by atoms with van der Waals surface area (Å²) in [5, 5.41) is 9.59. The number of carbonyl (C=O) groups is 1. The van der Waals surface area contributed by atoms with Gasteiger partial charge in [0.05, 0.1) is 0 Å². The average molecular weight is 293 g/mol. The van der Waals surface area contributed by atoms with E-state index in [1.54, 1.807) is 0 Å². The lowest BCUT2D eigenvalue weighted by Crippen LogP contribution is -2.55. The fraction of sp³-hybridized carbons (Fsp3) is 0.929. The molecule has 1 amide bonds. The van der Waals surface area contributed by atoms with Crippen LogP contribution in [-0.4, -0.2) is 40.8 Å². The second-order valence-corrected chi connectivity index (χ2v) is 6.31. The van der Waals surface area contributed by atoms with Crippen LogP contribution < -0.4 is 0 Å². The maximum Gasteiger partial charge on any atom is 0.417 e. The number of hydrogen-bond acceptors (Lipinski definition) is 2. The van der Waals surface area contributed by atoms with Crippen molar-refractivity contribution in [1.29, 1.82) is 0 Å². The van der Waals surface area contributed by atoms with Crippen molar-refractivity contribution in [3.63, 3.8) is 0 Å². The van der Waals surface area contributed by atoms with Crippen LogP contribution in [0, 0.1) is 11.8 Å². The minimum absolute atomic E-state index is 0.000890. The highest BCUT2D eigenvalue weighted by Crippen LogP contribution is 2.39. The van der Waals surface area contributed by atoms with Gasteiger partial charge in [-0.25, -0.2) is 0 Å². The number of carbonyl (C=O) groups excluding carboxylic acids is 1. The van der Waals surface area contributed by atoms with Crippen LogP contribution >= 0.6 is 0 Å². The summed E-state index contributed by atoms with van der Waals surface area (Å²) in [6.07, 6.45) is -1.74. The molecule has 0 aromatic heterocycles. The molecule has 0 unspecified atom stereocenters. The monoisotopic (exact) mass is 293 g/mol. The Morgan fingerprint density at radius 2 is 1.65 bits per heavy atom. The maximum atomic E-state index is 12.7. The summed E-state index contributed by atoms with van der Waals surface area (Å²) in [6, 6.07) is 0. The summed E-state index contributed by atoms with van der Waals surface area (Å²) in [5.74, 6) is 0.570. The normalized spacial score (nSPS) is 31.1. The zero-order chi connectivity index (χ0) is 15.0. The van der Waals surface area contributed by atoms with E-state index in [9.17, 15) is 23.1 Å². The van der Waals surface area contributed by atoms with Crippen molar-refractivity contribution in [3.8, 4) is 0 Å². The molecule has 2 rings (SSSR count). The molecular weight excluding hydrogens is 271 g/mol. The summed E-state index contributed by atoms with van der Waals surface area (Å²) in [5.41, 5.74) is -2.62. The molecule has 0 radical (unpaired) electrons. The molecule has 3 nitrogen and oxygen atoms in total. The van der Waals surface area contributed by atoms with Crippen molar-refractivity contribution >= 4 is 5.91 Å². The Labute approximate surface area is 117 Å². The molecule has 1 aliphatic heterocycles. The minimum Gasteiger partial charge on any atom is -0.380 e. The van der Waals surface area contributed by atoms with Crippen molar-refractivity contribution in [3.05, 3.63) is 0 Å². The van der Waals surface area contributed by atoms with Crippen molar-refractivity contribution in [2.24, 2.45) is 11.8 Å². The number of likely N-dealkylation sites (tertiary alicyclic amines) is 1. The van der Waals surface area contributed by atoms with Gasteiger partial charge in [0.15, 0.2) is 5.60 Å². The van der Waals surface area contributed by atoms with Gasteiger partial charge in [-0.05, 0) is 31.6 Å². The van der Waals surface area contributed by atoms with E-state index in [4.69, 9.17) is 0 Å². The van der Waals surface area contributed by atoms with E-state index in [1.807, 2.05) is 0 Å². The molecule has 0 aromatic rings. The Bertz CT molecular complexity index is 354. The molecule has 1 saturated heterocycles. The largest absolute Gasteiger partial charge is 0.417 e. The Kier molecular flexibility index (Phi) is 4.33. The van der Waals surface area contributed by atoms with Crippen LogP contribution in [0.2, 0.25) is 0 Å². The second kappa shape index (κ2) is 5.54. The number of hydrogen-bond donors (Lipinski definition) is 1. The van der Waals surface area contributed by atoms with Gasteiger partial charge < -0.3 is 10.0 Å². The van der Waals surface area contributed by atoms with E-state index in [2.05, 4.69) is 6.92 Å². The lowest BCUT2D eigenvalue weighted by molar-refractivity contribution is -0.272. The molecule has 6 heteroatoms. The standard InChI is InChI=1S/C14H22F3NO2/c1-10-2-4-11(5-3-10)12(19)18-8-6-13(20,7-9-18)14(15,16)17/h10-11,20H,2-9H2,1H3. The Morgan fingerprint density at radius 1 is 1.15 bits per heavy atom. The number of rotatable bonds is 1. The highest BCUT2D eigenvalue weighted by molar-refractivity contribution is 5.79. The lowest BCUT2D eigenvalue weighted by Gasteiger charge is -2.40. The predicted molar refractivity (Wildman–Crippen MR) is 67.9 cm³/mol. The van der Waals surface area contributed by atoms with Gasteiger partial charge in [-0.2, -0.15) is 13.2 Å². The first-order chi connectivity index (χ1) is 9.23. The number of halogens is 3. The number of piperidine rings is 1. The van der Waals surface area contributed by atoms with Crippen molar-refractivity contribution in [2.45, 2.75) is 57.2 Å². The van der Waals surface area contributed by atoms with Crippen LogP contribution in [0.4, 0.5) is 13.2 Å². The van der Waals surface area contributed by atoms with Gasteiger partial charge in [0.2, 0.25) is 5.91 Å². The van der Waals surface area contributed by atoms with Gasteiger partial charge >= 0.3 is 6.18 Å². The molecule has 0 aromatic carbocycles. The molecule has 1 heterocycles. The highest BCUT2D eigenvalue weighted by atomic mass is 19.4. The maximum absolute atomic E-state index is 12.7. The second-order valence-electron chi connectivity index (χ2n) is 6.31. The Balaban J connectivity index is 1.89. The summed E-state index contributed by atoms with van der Waals surface area (Å²) in [7, 11) is 0. The molecule has 0 spiro atoms. The van der Waals surface area contributed by atoms with Crippen LogP contribution in [0.3, 0.4) is 0 Å². The van der Waals surface area contributed by atoms with E-state index >= 15 is 0 Å². The van der Waals surface area contributed by atoms with Gasteiger partial charge in [-0.1, -0.05) is 6.92 Å². The number of nitrogens with zero attached hydrogens (tertiary/aromatic N) is 1. The first-order valence-corrected chi connectivity index (χ1v) is 7.31. The average Bonchev–Trinajstić information content (AvgIpc) is 2.38. The van der Waals surface area contributed by atoms with Crippen LogP contribution in [0.25, 0.3) is 0 Å². The topological polar surface area (TPSA) is 40.5 Å². The van der Waals surface area contributed by atoms with E-state index in [-0.39, 0.29) is 24.9 Å². The van der Waals surface area contributed by atoms with Crippen LogP contribution in [-0.2, 0) is 4.79 Å². The molecule has 0 bridgehead atoms. The van der Waals surface area contributed by atoms with E-state index in [1.165, 1.54) is 4.90 Å². The van der Waals surface area contributed by atoms with Gasteiger partial charge in [-0.15, -0.1) is 0 Å². The third kappa shape index (κ3) is 3.10. The van der Waals surface area contributed by atoms with Gasteiger partial charge in [0.1, 0.15) is 0 Å². The van der Waals surface area contributed by atoms with Gasteiger partial charge in [0.25, 0.3) is 0 Å². The molecule has 1 aliphatic carbocycles. The quantitative estimate of drug-likeness (QED) is 0.807. The van der Waals surface area contributed by atoms with Gasteiger partial charge in [0, 0.05) is 31.8 Å². The summed E-state index contributed by atoms with van der Waals surface area (Å²) in [6.45, 7) is 2.16. The van der Waals surface area contributed by atoms with Crippen LogP contribution in [0.15, 0.2) is 0 Å². The van der Waals surface area contributed by atoms with Crippen LogP contribution in [0.1, 0.15) is 45.4 Å². The van der Waals surface area contributed by atoms with Crippen molar-refractivity contribution < 1.29 is 23.1 Å². The first-order valence-electron chi connectivity index (χ1n) is 7.31. The van der Waals surface area contributed by atoms with E-state index in [0.717, 1.165) is 25.7 Å². The molecule has 1 N–H and O–H groups in total. The first kappa shape index (κ1) is 15.6. The molecule has 20 heavy (non-hydrogen) atoms. The molecule has 116 valence electrons. The summed E-state index contributed by atoms with van der Waals surface area (Å²) < 4.78 is 38.1. The fourth-order valence-corrected chi connectivity index (χ4v) is 3.15. The van der Waals surface area contributed by atoms with E-state index < -0.39 is 24.6 Å². The van der Waals surface area contributed by atoms with Gasteiger partial charge in [-0.3, -0.25) is 4.79 Å². The van der Waals surface area contributed by atoms with Crippen LogP contribution in [0.5, 0.6) is 0 Å². The zero-order valence-electron chi connectivity index (χ0n) is 11.7. The third-order valence-electron chi connectivity index (χ3n) is 4.80. The zero-order valence-corrected chi connectivity index (χ0v) is 11.7. The molecular formula is C14H22F3NO2. The van der Waals surface area contributed by atoms with Crippen molar-refractivity contribution in [2.75, 3.05) is 13.1 Å². The smallest absolute Gasteiger partial charge is 0.380 e. The summed E-state index contributed by atoms with van der Waals surface area (Å²) >= 11 is 0. The predicted octanol–water partition coefficient (Wildman–Crippen LogP) is 2.73. The SMILES string of the molecule is CC1CCC(C(=O)N2CCC(O)(C(F)(F)F)CC2)CC1. The van der Waals surface area contributed by atoms with Crippen molar-refractivity contribution in [1.82, 2.24) is 4.90 Å². The van der Waals surface area contributed by atoms with E-state index in [0.29, 0.717) is 5.92 Å². The fourth-order valence-electron chi connectivity index (χ4n) is 3.15. The minimum atomic E-state index is -4.61. The molecule has 1 saturated carbocycles. The molecule has 2 fully saturated rings. The third-order valence-corrected chi connectivity index (χ3v) is 4.80. The Morgan fingerprint density at radius 3 is 2.10 bits per heavy atom. The number of alkyl halides is 3.